The highest BCUT2D eigenvalue weighted by molar-refractivity contribution is 6.39. The molecule has 132 valence electrons. The number of benzene rings is 2. The molecule has 0 aromatic heterocycles. The molecular formula is C20H21N4O2+. The number of quaternary nitrogens is 1. The van der Waals surface area contributed by atoms with Crippen molar-refractivity contribution in [2.45, 2.75) is 0 Å². The fraction of sp³-hybridized carbons (Fsp3) is 0.200. The normalized spacial score (nSPS) is 20.1. The van der Waals surface area contributed by atoms with Crippen LogP contribution in [-0.4, -0.2) is 39.4 Å². The molecule has 0 radical (unpaired) electrons. The molecule has 0 fully saturated rings. The van der Waals surface area contributed by atoms with Crippen LogP contribution < -0.4 is 19.7 Å². The fourth-order valence-corrected chi connectivity index (χ4v) is 3.77. The summed E-state index contributed by atoms with van der Waals surface area (Å²) in [5.41, 5.74) is 9.96. The lowest BCUT2D eigenvalue weighted by Crippen LogP contribution is -2.55. The average molecular weight is 349 g/mol. The van der Waals surface area contributed by atoms with E-state index >= 15 is 0 Å². The van der Waals surface area contributed by atoms with Gasteiger partial charge in [0.1, 0.15) is 18.4 Å². The van der Waals surface area contributed by atoms with Gasteiger partial charge in [0, 0.05) is 12.6 Å². The molecule has 0 saturated heterocycles. The van der Waals surface area contributed by atoms with Crippen molar-refractivity contribution in [2.75, 3.05) is 27.3 Å². The van der Waals surface area contributed by atoms with Gasteiger partial charge in [0.05, 0.1) is 26.0 Å². The zero-order valence-corrected chi connectivity index (χ0v) is 14.8. The van der Waals surface area contributed by atoms with Crippen molar-refractivity contribution in [3.8, 4) is 11.5 Å². The van der Waals surface area contributed by atoms with Crippen molar-refractivity contribution in [2.24, 2.45) is 15.7 Å². The van der Waals surface area contributed by atoms with Gasteiger partial charge in [-0.05, 0) is 18.2 Å². The Bertz CT molecular complexity index is 949. The highest BCUT2D eigenvalue weighted by Crippen LogP contribution is 2.48. The van der Waals surface area contributed by atoms with Gasteiger partial charge in [-0.1, -0.05) is 18.2 Å². The molecule has 6 nitrogen and oxygen atoms in total. The summed E-state index contributed by atoms with van der Waals surface area (Å²) in [5.74, 6) is 2.23. The van der Waals surface area contributed by atoms with Gasteiger partial charge in [0.15, 0.2) is 22.9 Å². The molecule has 4 rings (SSSR count). The Morgan fingerprint density at radius 2 is 1.88 bits per heavy atom. The van der Waals surface area contributed by atoms with Gasteiger partial charge < -0.3 is 15.2 Å². The smallest absolute Gasteiger partial charge is 0.256 e. The third-order valence-electron chi connectivity index (χ3n) is 4.88. The third kappa shape index (κ3) is 2.20. The highest BCUT2D eigenvalue weighted by atomic mass is 16.5. The lowest BCUT2D eigenvalue weighted by Gasteiger charge is -2.37. The second-order valence-electron chi connectivity index (χ2n) is 6.11. The Balaban J connectivity index is 1.97. The van der Waals surface area contributed by atoms with Crippen molar-refractivity contribution in [3.05, 3.63) is 54.2 Å². The Kier molecular flexibility index (Phi) is 4.06. The van der Waals surface area contributed by atoms with E-state index in [4.69, 9.17) is 15.2 Å². The molecule has 6 heteroatoms. The molecule has 0 bridgehead atoms. The second kappa shape index (κ2) is 6.40. The van der Waals surface area contributed by atoms with E-state index in [1.54, 1.807) is 14.2 Å². The van der Waals surface area contributed by atoms with E-state index in [2.05, 4.69) is 16.1 Å². The van der Waals surface area contributed by atoms with Gasteiger partial charge in [0.25, 0.3) is 5.84 Å². The Labute approximate surface area is 152 Å². The predicted molar refractivity (Wildman–Crippen MR) is 105 cm³/mol. The van der Waals surface area contributed by atoms with Crippen molar-refractivity contribution in [3.63, 3.8) is 0 Å². The summed E-state index contributed by atoms with van der Waals surface area (Å²) in [7, 11) is 3.29. The average Bonchev–Trinajstić information content (AvgIpc) is 3.06. The van der Waals surface area contributed by atoms with Crippen LogP contribution >= 0.6 is 0 Å². The van der Waals surface area contributed by atoms with Crippen LogP contribution in [0.5, 0.6) is 11.5 Å². The van der Waals surface area contributed by atoms with Crippen LogP contribution in [-0.2, 0) is 0 Å². The number of nitrogens with zero attached hydrogens (tertiary/aromatic N) is 3. The van der Waals surface area contributed by atoms with Crippen LogP contribution in [0.3, 0.4) is 0 Å². The summed E-state index contributed by atoms with van der Waals surface area (Å²) in [6, 6.07) is 14.0. The SMILES string of the molecule is COc1cccc(C2=CN=C3C=Nc4ccccc4[N+]23CCN)c1OC. The molecule has 2 aliphatic rings. The van der Waals surface area contributed by atoms with Crippen LogP contribution in [0.1, 0.15) is 5.56 Å². The highest BCUT2D eigenvalue weighted by Gasteiger charge is 2.48. The van der Waals surface area contributed by atoms with Gasteiger partial charge in [-0.15, -0.1) is 0 Å². The minimum absolute atomic E-state index is 0.430. The minimum Gasteiger partial charge on any atom is -0.493 e. The van der Waals surface area contributed by atoms with E-state index < -0.39 is 0 Å². The number of hydrogen-bond acceptors (Lipinski definition) is 5. The molecule has 2 N–H and O–H groups in total. The van der Waals surface area contributed by atoms with Gasteiger partial charge in [-0.3, -0.25) is 0 Å². The van der Waals surface area contributed by atoms with Gasteiger partial charge in [0.2, 0.25) is 0 Å². The predicted octanol–water partition coefficient (Wildman–Crippen LogP) is 3.10. The van der Waals surface area contributed by atoms with Crippen LogP contribution in [0.15, 0.2) is 58.6 Å². The molecule has 1 atom stereocenters. The molecule has 2 aromatic rings. The van der Waals surface area contributed by atoms with Crippen LogP contribution in [0.25, 0.3) is 5.70 Å². The minimum atomic E-state index is 0.430. The molecule has 26 heavy (non-hydrogen) atoms. The monoisotopic (exact) mass is 349 g/mol. The van der Waals surface area contributed by atoms with Crippen molar-refractivity contribution in [1.82, 2.24) is 4.48 Å². The molecule has 2 heterocycles. The maximum atomic E-state index is 6.04. The van der Waals surface area contributed by atoms with E-state index in [1.807, 2.05) is 48.8 Å². The molecule has 0 spiro atoms. The van der Waals surface area contributed by atoms with Crippen LogP contribution in [0, 0.1) is 0 Å². The first-order valence-electron chi connectivity index (χ1n) is 8.48. The number of fused-ring (bicyclic) bond motifs is 3. The lowest BCUT2D eigenvalue weighted by molar-refractivity contribution is 0.353. The van der Waals surface area contributed by atoms with E-state index in [0.717, 1.165) is 28.5 Å². The number of methoxy groups -OCH3 is 2. The van der Waals surface area contributed by atoms with Gasteiger partial charge in [-0.2, -0.15) is 4.99 Å². The van der Waals surface area contributed by atoms with E-state index in [1.165, 1.54) is 0 Å². The summed E-state index contributed by atoms with van der Waals surface area (Å²) in [6.45, 7) is 1.18. The number of amidine groups is 1. The largest absolute Gasteiger partial charge is 0.493 e. The standard InChI is InChI=1S/C20H21N4O2/c1-25-18-9-5-6-14(20(18)26-2)17-12-23-19-13-22-15-7-3-4-8-16(15)24(17,19)11-10-21/h3-9,12-13H,10-11,21H2,1-2H3/q+1. The Hall–Kier alpha value is -2.96. The summed E-state index contributed by atoms with van der Waals surface area (Å²) < 4.78 is 11.6. The number of para-hydroxylation sites is 3. The zero-order chi connectivity index (χ0) is 18.1. The van der Waals surface area contributed by atoms with E-state index in [-0.39, 0.29) is 0 Å². The number of ether oxygens (including phenoxy) is 2. The first kappa shape index (κ1) is 16.5. The molecule has 0 aliphatic carbocycles. The summed E-state index contributed by atoms with van der Waals surface area (Å²) in [5, 5.41) is 0. The Morgan fingerprint density at radius 3 is 2.65 bits per heavy atom. The quantitative estimate of drug-likeness (QED) is 0.844. The number of rotatable bonds is 5. The van der Waals surface area contributed by atoms with Crippen molar-refractivity contribution in [1.29, 1.82) is 0 Å². The summed E-state index contributed by atoms with van der Waals surface area (Å²) in [6.07, 6.45) is 3.71. The summed E-state index contributed by atoms with van der Waals surface area (Å²) in [4.78, 5) is 9.23. The molecule has 2 aliphatic heterocycles. The second-order valence-corrected chi connectivity index (χ2v) is 6.11. The Morgan fingerprint density at radius 1 is 1.04 bits per heavy atom. The molecule has 0 saturated carbocycles. The molecule has 0 amide bonds. The van der Waals surface area contributed by atoms with Crippen LogP contribution in [0.4, 0.5) is 11.4 Å². The number of aliphatic imine (C=N–C) groups is 2. The molecule has 1 unspecified atom stereocenters. The van der Waals surface area contributed by atoms with E-state index in [0.29, 0.717) is 29.1 Å². The number of hydrogen-bond donors (Lipinski definition) is 1. The molecular weight excluding hydrogens is 328 g/mol. The van der Waals surface area contributed by atoms with Gasteiger partial charge in [-0.25, -0.2) is 9.48 Å². The zero-order valence-electron chi connectivity index (χ0n) is 14.8. The lowest BCUT2D eigenvalue weighted by atomic mass is 10.0. The first-order valence-corrected chi connectivity index (χ1v) is 8.48. The first-order chi connectivity index (χ1) is 12.8. The topological polar surface area (TPSA) is 69.2 Å². The summed E-state index contributed by atoms with van der Waals surface area (Å²) >= 11 is 0. The fourth-order valence-electron chi connectivity index (χ4n) is 3.77. The maximum Gasteiger partial charge on any atom is 0.256 e. The van der Waals surface area contributed by atoms with Crippen molar-refractivity contribution >= 4 is 29.1 Å². The van der Waals surface area contributed by atoms with E-state index in [9.17, 15) is 0 Å². The maximum absolute atomic E-state index is 6.04. The molecule has 2 aromatic carbocycles. The van der Waals surface area contributed by atoms with Crippen molar-refractivity contribution < 1.29 is 9.47 Å². The van der Waals surface area contributed by atoms with Gasteiger partial charge >= 0.3 is 0 Å². The number of nitrogens with two attached hydrogens (primary N) is 1. The third-order valence-corrected chi connectivity index (χ3v) is 4.88. The van der Waals surface area contributed by atoms with Crippen LogP contribution in [0.2, 0.25) is 0 Å².